The van der Waals surface area contributed by atoms with Crippen LogP contribution < -0.4 is 10.2 Å². The Morgan fingerprint density at radius 1 is 1.17 bits per heavy atom. The Labute approximate surface area is 175 Å². The predicted molar refractivity (Wildman–Crippen MR) is 108 cm³/mol. The summed E-state index contributed by atoms with van der Waals surface area (Å²) in [6.07, 6.45) is 0.793. The fourth-order valence-corrected chi connectivity index (χ4v) is 3.84. The van der Waals surface area contributed by atoms with Gasteiger partial charge in [0, 0.05) is 18.7 Å². The number of anilines is 1. The third-order valence-electron chi connectivity index (χ3n) is 5.13. The summed E-state index contributed by atoms with van der Waals surface area (Å²) in [4.78, 5) is 52.0. The van der Waals surface area contributed by atoms with Gasteiger partial charge in [-0.1, -0.05) is 18.2 Å². The van der Waals surface area contributed by atoms with Gasteiger partial charge in [-0.2, -0.15) is 0 Å². The van der Waals surface area contributed by atoms with Gasteiger partial charge in [-0.15, -0.1) is 0 Å². The first-order valence-corrected chi connectivity index (χ1v) is 9.98. The summed E-state index contributed by atoms with van der Waals surface area (Å²) < 4.78 is 5.35. The van der Waals surface area contributed by atoms with Gasteiger partial charge >= 0.3 is 12.1 Å². The van der Waals surface area contributed by atoms with Gasteiger partial charge in [-0.3, -0.25) is 19.4 Å². The molecule has 9 nitrogen and oxygen atoms in total. The SMILES string of the molecule is CC(C)(C)OC(=O)N1CCC[C@H]1C(=O)NCC(=O)N1c2ccccc2C[C@H]1C(=O)O. The summed E-state index contributed by atoms with van der Waals surface area (Å²) in [7, 11) is 0. The van der Waals surface area contributed by atoms with Gasteiger partial charge in [0.2, 0.25) is 11.8 Å². The number of amides is 3. The van der Waals surface area contributed by atoms with E-state index in [1.54, 1.807) is 45.0 Å². The van der Waals surface area contributed by atoms with Gasteiger partial charge < -0.3 is 15.2 Å². The van der Waals surface area contributed by atoms with Crippen molar-refractivity contribution in [2.45, 2.75) is 57.7 Å². The van der Waals surface area contributed by atoms with E-state index >= 15 is 0 Å². The van der Waals surface area contributed by atoms with Crippen LogP contribution in [0.5, 0.6) is 0 Å². The molecule has 0 saturated carbocycles. The molecule has 162 valence electrons. The average molecular weight is 417 g/mol. The Kier molecular flexibility index (Phi) is 6.00. The highest BCUT2D eigenvalue weighted by Crippen LogP contribution is 2.32. The average Bonchev–Trinajstić information content (AvgIpc) is 3.29. The first-order chi connectivity index (χ1) is 14.1. The number of fused-ring (bicyclic) bond motifs is 1. The number of likely N-dealkylation sites (tertiary alicyclic amines) is 1. The predicted octanol–water partition coefficient (Wildman–Crippen LogP) is 1.54. The molecule has 0 aromatic heterocycles. The van der Waals surface area contributed by atoms with E-state index in [0.29, 0.717) is 25.1 Å². The van der Waals surface area contributed by atoms with Crippen LogP contribution in [0.15, 0.2) is 24.3 Å². The minimum atomic E-state index is -1.10. The molecule has 1 fully saturated rings. The molecule has 0 unspecified atom stereocenters. The topological polar surface area (TPSA) is 116 Å². The summed E-state index contributed by atoms with van der Waals surface area (Å²) in [5, 5.41) is 12.1. The molecule has 1 aromatic carbocycles. The molecule has 3 rings (SSSR count). The largest absolute Gasteiger partial charge is 0.480 e. The van der Waals surface area contributed by atoms with Crippen molar-refractivity contribution >= 4 is 29.6 Å². The maximum Gasteiger partial charge on any atom is 0.410 e. The molecule has 0 bridgehead atoms. The number of hydrogen-bond donors (Lipinski definition) is 2. The van der Waals surface area contributed by atoms with Crippen molar-refractivity contribution in [2.75, 3.05) is 18.0 Å². The lowest BCUT2D eigenvalue weighted by atomic mass is 10.1. The highest BCUT2D eigenvalue weighted by atomic mass is 16.6. The fraction of sp³-hybridized carbons (Fsp3) is 0.524. The minimum absolute atomic E-state index is 0.222. The quantitative estimate of drug-likeness (QED) is 0.768. The molecule has 30 heavy (non-hydrogen) atoms. The summed E-state index contributed by atoms with van der Waals surface area (Å²) >= 11 is 0. The standard InChI is InChI=1S/C21H27N3O6/c1-21(2,3)30-20(29)23-10-6-9-15(23)18(26)22-12-17(25)24-14-8-5-4-7-13(14)11-16(24)19(27)28/h4-5,7-8,15-16H,6,9-12H2,1-3H3,(H,22,26)(H,27,28)/t15-,16-/m0/s1. The third kappa shape index (κ3) is 4.55. The molecule has 2 atom stereocenters. The Morgan fingerprint density at radius 3 is 2.53 bits per heavy atom. The zero-order valence-corrected chi connectivity index (χ0v) is 17.4. The third-order valence-corrected chi connectivity index (χ3v) is 5.13. The van der Waals surface area contributed by atoms with E-state index < -0.39 is 41.6 Å². The smallest absolute Gasteiger partial charge is 0.410 e. The molecule has 0 spiro atoms. The second-order valence-corrected chi connectivity index (χ2v) is 8.50. The van der Waals surface area contributed by atoms with Crippen molar-refractivity contribution in [2.24, 2.45) is 0 Å². The van der Waals surface area contributed by atoms with E-state index in [4.69, 9.17) is 4.74 Å². The van der Waals surface area contributed by atoms with Gasteiger partial charge in [0.15, 0.2) is 0 Å². The van der Waals surface area contributed by atoms with Crippen LogP contribution >= 0.6 is 0 Å². The Balaban J connectivity index is 1.64. The number of nitrogens with one attached hydrogen (secondary N) is 1. The molecule has 2 aliphatic heterocycles. The van der Waals surface area contributed by atoms with Gasteiger partial charge in [0.1, 0.15) is 17.7 Å². The summed E-state index contributed by atoms with van der Waals surface area (Å²) in [6, 6.07) is 5.29. The van der Waals surface area contributed by atoms with Crippen LogP contribution in [0.2, 0.25) is 0 Å². The number of ether oxygens (including phenoxy) is 1. The van der Waals surface area contributed by atoms with E-state index in [1.807, 2.05) is 0 Å². The second kappa shape index (κ2) is 8.33. The molecule has 1 aromatic rings. The number of para-hydroxylation sites is 1. The summed E-state index contributed by atoms with van der Waals surface area (Å²) in [5.74, 6) is -2.06. The first-order valence-electron chi connectivity index (χ1n) is 9.98. The zero-order valence-electron chi connectivity index (χ0n) is 17.4. The van der Waals surface area contributed by atoms with Crippen molar-refractivity contribution < 1.29 is 29.0 Å². The van der Waals surface area contributed by atoms with Crippen LogP contribution in [-0.4, -0.2) is 64.7 Å². The van der Waals surface area contributed by atoms with E-state index in [2.05, 4.69) is 5.32 Å². The van der Waals surface area contributed by atoms with Crippen molar-refractivity contribution in [3.63, 3.8) is 0 Å². The monoisotopic (exact) mass is 417 g/mol. The maximum absolute atomic E-state index is 12.8. The van der Waals surface area contributed by atoms with Gasteiger partial charge in [-0.05, 0) is 45.2 Å². The van der Waals surface area contributed by atoms with Crippen LogP contribution in [0.3, 0.4) is 0 Å². The molecule has 2 aliphatic rings. The number of carbonyl (C=O) groups excluding carboxylic acids is 3. The van der Waals surface area contributed by atoms with Crippen molar-refractivity contribution in [1.82, 2.24) is 10.2 Å². The van der Waals surface area contributed by atoms with Crippen LogP contribution in [0, 0.1) is 0 Å². The molecule has 9 heteroatoms. The minimum Gasteiger partial charge on any atom is -0.480 e. The lowest BCUT2D eigenvalue weighted by Crippen LogP contribution is -2.51. The number of nitrogens with zero attached hydrogens (tertiary/aromatic N) is 2. The van der Waals surface area contributed by atoms with Crippen molar-refractivity contribution in [1.29, 1.82) is 0 Å². The number of rotatable bonds is 4. The van der Waals surface area contributed by atoms with Crippen molar-refractivity contribution in [3.8, 4) is 0 Å². The second-order valence-electron chi connectivity index (χ2n) is 8.50. The Morgan fingerprint density at radius 2 is 1.87 bits per heavy atom. The molecular weight excluding hydrogens is 390 g/mol. The van der Waals surface area contributed by atoms with E-state index in [1.165, 1.54) is 9.80 Å². The maximum atomic E-state index is 12.8. The number of carboxylic acids is 1. The summed E-state index contributed by atoms with van der Waals surface area (Å²) in [6.45, 7) is 5.31. The molecular formula is C21H27N3O6. The van der Waals surface area contributed by atoms with Crippen LogP contribution in [0.1, 0.15) is 39.2 Å². The molecule has 1 saturated heterocycles. The first kappa shape index (κ1) is 21.6. The van der Waals surface area contributed by atoms with Crippen LogP contribution in [-0.2, 0) is 25.5 Å². The van der Waals surface area contributed by atoms with E-state index in [-0.39, 0.29) is 13.0 Å². The number of aliphatic carboxylic acids is 1. The number of benzene rings is 1. The van der Waals surface area contributed by atoms with Crippen molar-refractivity contribution in [3.05, 3.63) is 29.8 Å². The number of hydrogen-bond acceptors (Lipinski definition) is 5. The van der Waals surface area contributed by atoms with Gasteiger partial charge in [0.25, 0.3) is 0 Å². The fourth-order valence-electron chi connectivity index (χ4n) is 3.84. The van der Waals surface area contributed by atoms with E-state index in [9.17, 15) is 24.3 Å². The molecule has 0 aliphatic carbocycles. The molecule has 0 radical (unpaired) electrons. The number of carbonyl (C=O) groups is 4. The van der Waals surface area contributed by atoms with E-state index in [0.717, 1.165) is 5.56 Å². The lowest BCUT2D eigenvalue weighted by molar-refractivity contribution is -0.139. The number of carboxylic acid groups (broad SMARTS) is 1. The highest BCUT2D eigenvalue weighted by molar-refractivity contribution is 6.04. The Bertz CT molecular complexity index is 863. The van der Waals surface area contributed by atoms with Gasteiger partial charge in [0.05, 0.1) is 6.54 Å². The Hall–Kier alpha value is -3.10. The molecule has 3 amide bonds. The van der Waals surface area contributed by atoms with Crippen LogP contribution in [0.25, 0.3) is 0 Å². The normalized spacial score (nSPS) is 20.6. The molecule has 2 heterocycles. The van der Waals surface area contributed by atoms with Crippen LogP contribution in [0.4, 0.5) is 10.5 Å². The summed E-state index contributed by atoms with van der Waals surface area (Å²) in [5.41, 5.74) is 0.642. The molecule has 2 N–H and O–H groups in total. The lowest BCUT2D eigenvalue weighted by Gasteiger charge is -2.28. The van der Waals surface area contributed by atoms with Gasteiger partial charge in [-0.25, -0.2) is 9.59 Å². The zero-order chi connectivity index (χ0) is 22.1. The highest BCUT2D eigenvalue weighted by Gasteiger charge is 2.40.